The highest BCUT2D eigenvalue weighted by atomic mass is 15.1. The quantitative estimate of drug-likeness (QED) is 0.905. The van der Waals surface area contributed by atoms with Gasteiger partial charge in [0.2, 0.25) is 0 Å². The molecule has 0 unspecified atom stereocenters. The van der Waals surface area contributed by atoms with Gasteiger partial charge in [-0.2, -0.15) is 0 Å². The Morgan fingerprint density at radius 2 is 1.71 bits per heavy atom. The fourth-order valence-corrected chi connectivity index (χ4v) is 3.97. The summed E-state index contributed by atoms with van der Waals surface area (Å²) in [5, 5.41) is 3.97. The first kappa shape index (κ1) is 15.1. The number of rotatable bonds is 4. The maximum absolute atomic E-state index is 3.97. The SMILES string of the molecule is C[C@H]1CCCC[C@H]1NC1CCN(Cc2ccccc2)CC1. The van der Waals surface area contributed by atoms with Crippen molar-refractivity contribution < 1.29 is 0 Å². The fourth-order valence-electron chi connectivity index (χ4n) is 3.97. The lowest BCUT2D eigenvalue weighted by Gasteiger charge is -2.37. The molecule has 0 bridgehead atoms. The van der Waals surface area contributed by atoms with Crippen LogP contribution in [0.3, 0.4) is 0 Å². The molecular weight excluding hydrogens is 256 g/mol. The molecule has 2 nitrogen and oxygen atoms in total. The van der Waals surface area contributed by atoms with E-state index in [4.69, 9.17) is 0 Å². The molecule has 2 fully saturated rings. The summed E-state index contributed by atoms with van der Waals surface area (Å²) >= 11 is 0. The van der Waals surface area contributed by atoms with Crippen LogP contribution in [0.4, 0.5) is 0 Å². The monoisotopic (exact) mass is 286 g/mol. The highest BCUT2D eigenvalue weighted by Gasteiger charge is 2.26. The number of hydrogen-bond donors (Lipinski definition) is 1. The van der Waals surface area contributed by atoms with Crippen LogP contribution >= 0.6 is 0 Å². The van der Waals surface area contributed by atoms with E-state index in [0.717, 1.165) is 24.5 Å². The Bertz CT molecular complexity index is 409. The highest BCUT2D eigenvalue weighted by Crippen LogP contribution is 2.25. The number of nitrogens with one attached hydrogen (secondary N) is 1. The predicted molar refractivity (Wildman–Crippen MR) is 89.3 cm³/mol. The van der Waals surface area contributed by atoms with Crippen LogP contribution in [-0.4, -0.2) is 30.1 Å². The van der Waals surface area contributed by atoms with Crippen LogP contribution in [0.5, 0.6) is 0 Å². The van der Waals surface area contributed by atoms with E-state index in [0.29, 0.717) is 0 Å². The first-order valence-electron chi connectivity index (χ1n) is 8.83. The van der Waals surface area contributed by atoms with Gasteiger partial charge in [-0.25, -0.2) is 0 Å². The highest BCUT2D eigenvalue weighted by molar-refractivity contribution is 5.14. The summed E-state index contributed by atoms with van der Waals surface area (Å²) in [5.41, 5.74) is 1.45. The Balaban J connectivity index is 1.42. The van der Waals surface area contributed by atoms with E-state index in [9.17, 15) is 0 Å². The maximum atomic E-state index is 3.97. The molecule has 0 spiro atoms. The first-order chi connectivity index (χ1) is 10.3. The van der Waals surface area contributed by atoms with Crippen molar-refractivity contribution in [2.75, 3.05) is 13.1 Å². The maximum Gasteiger partial charge on any atom is 0.0233 e. The minimum atomic E-state index is 0.752. The van der Waals surface area contributed by atoms with Crippen molar-refractivity contribution in [3.63, 3.8) is 0 Å². The lowest BCUT2D eigenvalue weighted by Crippen LogP contribution is -2.48. The Morgan fingerprint density at radius 3 is 2.43 bits per heavy atom. The molecule has 1 aliphatic heterocycles. The minimum Gasteiger partial charge on any atom is -0.311 e. The van der Waals surface area contributed by atoms with Crippen molar-refractivity contribution in [3.8, 4) is 0 Å². The topological polar surface area (TPSA) is 15.3 Å². The Hall–Kier alpha value is -0.860. The number of piperidine rings is 1. The van der Waals surface area contributed by atoms with Gasteiger partial charge in [-0.15, -0.1) is 0 Å². The van der Waals surface area contributed by atoms with Gasteiger partial charge in [0.25, 0.3) is 0 Å². The summed E-state index contributed by atoms with van der Waals surface area (Å²) < 4.78 is 0. The van der Waals surface area contributed by atoms with E-state index >= 15 is 0 Å². The first-order valence-corrected chi connectivity index (χ1v) is 8.83. The molecule has 0 aromatic heterocycles. The van der Waals surface area contributed by atoms with E-state index in [2.05, 4.69) is 47.5 Å². The van der Waals surface area contributed by atoms with Crippen molar-refractivity contribution in [3.05, 3.63) is 35.9 Å². The molecule has 1 aromatic carbocycles. The molecule has 1 N–H and O–H groups in total. The summed E-state index contributed by atoms with van der Waals surface area (Å²) in [7, 11) is 0. The summed E-state index contributed by atoms with van der Waals surface area (Å²) in [6.45, 7) is 6.04. The van der Waals surface area contributed by atoms with Gasteiger partial charge >= 0.3 is 0 Å². The molecule has 2 aliphatic rings. The Kier molecular flexibility index (Phi) is 5.32. The van der Waals surface area contributed by atoms with Crippen LogP contribution in [-0.2, 0) is 6.54 Å². The second-order valence-corrected chi connectivity index (χ2v) is 7.07. The van der Waals surface area contributed by atoms with E-state index in [1.54, 1.807) is 0 Å². The smallest absolute Gasteiger partial charge is 0.0233 e. The molecule has 0 radical (unpaired) electrons. The molecule has 1 saturated carbocycles. The summed E-state index contributed by atoms with van der Waals surface area (Å²) in [6.07, 6.45) is 8.31. The summed E-state index contributed by atoms with van der Waals surface area (Å²) in [6, 6.07) is 12.4. The van der Waals surface area contributed by atoms with E-state index in [-0.39, 0.29) is 0 Å². The van der Waals surface area contributed by atoms with Gasteiger partial charge in [-0.05, 0) is 50.3 Å². The lowest BCUT2D eigenvalue weighted by molar-refractivity contribution is 0.166. The molecule has 1 aliphatic carbocycles. The normalized spacial score (nSPS) is 28.6. The van der Waals surface area contributed by atoms with Crippen LogP contribution in [0.1, 0.15) is 51.0 Å². The molecular formula is C19H30N2. The van der Waals surface area contributed by atoms with Gasteiger partial charge in [-0.1, -0.05) is 50.1 Å². The van der Waals surface area contributed by atoms with Crippen LogP contribution in [0.2, 0.25) is 0 Å². The third-order valence-electron chi connectivity index (χ3n) is 5.40. The predicted octanol–water partition coefficient (Wildman–Crippen LogP) is 3.82. The molecule has 0 amide bonds. The van der Waals surface area contributed by atoms with Gasteiger partial charge in [0, 0.05) is 18.6 Å². The second kappa shape index (κ2) is 7.42. The van der Waals surface area contributed by atoms with Crippen molar-refractivity contribution in [1.82, 2.24) is 10.2 Å². The molecule has 1 saturated heterocycles. The van der Waals surface area contributed by atoms with Crippen LogP contribution in [0.15, 0.2) is 30.3 Å². The van der Waals surface area contributed by atoms with E-state index in [1.807, 2.05) is 0 Å². The third kappa shape index (κ3) is 4.31. The van der Waals surface area contributed by atoms with Crippen LogP contribution in [0, 0.1) is 5.92 Å². The number of likely N-dealkylation sites (tertiary alicyclic amines) is 1. The molecule has 2 heteroatoms. The zero-order valence-electron chi connectivity index (χ0n) is 13.4. The van der Waals surface area contributed by atoms with E-state index < -0.39 is 0 Å². The van der Waals surface area contributed by atoms with Crippen molar-refractivity contribution >= 4 is 0 Å². The van der Waals surface area contributed by atoms with Gasteiger partial charge in [-0.3, -0.25) is 4.90 Å². The van der Waals surface area contributed by atoms with Gasteiger partial charge in [0.1, 0.15) is 0 Å². The molecule has 21 heavy (non-hydrogen) atoms. The van der Waals surface area contributed by atoms with Gasteiger partial charge in [0.15, 0.2) is 0 Å². The van der Waals surface area contributed by atoms with Crippen molar-refractivity contribution in [2.45, 2.75) is 64.1 Å². The zero-order valence-corrected chi connectivity index (χ0v) is 13.4. The molecule has 1 aromatic rings. The second-order valence-electron chi connectivity index (χ2n) is 7.07. The number of benzene rings is 1. The van der Waals surface area contributed by atoms with Crippen LogP contribution < -0.4 is 5.32 Å². The molecule has 116 valence electrons. The number of hydrogen-bond acceptors (Lipinski definition) is 2. The number of nitrogens with zero attached hydrogens (tertiary/aromatic N) is 1. The van der Waals surface area contributed by atoms with Gasteiger partial charge in [0.05, 0.1) is 0 Å². The largest absolute Gasteiger partial charge is 0.311 e. The summed E-state index contributed by atoms with van der Waals surface area (Å²) in [5.74, 6) is 0.876. The average molecular weight is 286 g/mol. The lowest BCUT2D eigenvalue weighted by atomic mass is 9.85. The standard InChI is InChI=1S/C19H30N2/c1-16-7-5-6-10-19(16)20-18-11-13-21(14-12-18)15-17-8-3-2-4-9-17/h2-4,8-9,16,18-20H,5-7,10-15H2,1H3/t16-,19+/m0/s1. The minimum absolute atomic E-state index is 0.752. The zero-order chi connectivity index (χ0) is 14.5. The van der Waals surface area contributed by atoms with E-state index in [1.165, 1.54) is 57.2 Å². The Morgan fingerprint density at radius 1 is 1.00 bits per heavy atom. The fraction of sp³-hybridized carbons (Fsp3) is 0.684. The summed E-state index contributed by atoms with van der Waals surface area (Å²) in [4.78, 5) is 2.61. The molecule has 3 rings (SSSR count). The van der Waals surface area contributed by atoms with Crippen molar-refractivity contribution in [2.24, 2.45) is 5.92 Å². The van der Waals surface area contributed by atoms with Crippen LogP contribution in [0.25, 0.3) is 0 Å². The van der Waals surface area contributed by atoms with Crippen molar-refractivity contribution in [1.29, 1.82) is 0 Å². The van der Waals surface area contributed by atoms with Gasteiger partial charge < -0.3 is 5.32 Å². The molecule has 1 heterocycles. The average Bonchev–Trinajstić information content (AvgIpc) is 2.52. The third-order valence-corrected chi connectivity index (χ3v) is 5.40. The Labute approximate surface area is 129 Å². The molecule has 2 atom stereocenters.